The molecule has 0 aromatic rings. The fourth-order valence-corrected chi connectivity index (χ4v) is 3.41. The summed E-state index contributed by atoms with van der Waals surface area (Å²) in [6.07, 6.45) is 5.32. The maximum Gasteiger partial charge on any atom is 0.150 e. The monoisotopic (exact) mass is 230 g/mol. The van der Waals surface area contributed by atoms with Crippen LogP contribution in [0.1, 0.15) is 46.5 Å². The normalized spacial score (nSPS) is 27.8. The number of nitrogens with zero attached hydrogens (tertiary/aromatic N) is 2. The summed E-state index contributed by atoms with van der Waals surface area (Å²) in [5.74, 6) is 0.767. The van der Waals surface area contributed by atoms with Crippen LogP contribution in [-0.2, 0) is 0 Å². The molecule has 2 heteroatoms. The van der Waals surface area contributed by atoms with E-state index in [0.29, 0.717) is 12.3 Å². The van der Waals surface area contributed by atoms with Crippen LogP contribution in [0.5, 0.6) is 0 Å². The van der Waals surface area contributed by atoms with Gasteiger partial charge in [-0.25, -0.2) is 0 Å². The molecule has 1 rings (SSSR count). The van der Waals surface area contributed by atoms with Crippen molar-refractivity contribution in [3.63, 3.8) is 0 Å². The van der Waals surface area contributed by atoms with Crippen molar-refractivity contribution in [2.45, 2.75) is 46.5 Å². The first kappa shape index (κ1) is 13.8. The summed E-state index contributed by atoms with van der Waals surface area (Å²) in [4.78, 5) is 0. The Labute approximate surface area is 105 Å². The van der Waals surface area contributed by atoms with E-state index in [1.807, 2.05) is 0 Å². The Bertz CT molecular complexity index is 353. The van der Waals surface area contributed by atoms with Crippen LogP contribution < -0.4 is 0 Å². The minimum absolute atomic E-state index is 0.175. The average molecular weight is 230 g/mol. The molecule has 0 spiro atoms. The van der Waals surface area contributed by atoms with E-state index in [1.54, 1.807) is 6.08 Å². The van der Waals surface area contributed by atoms with Crippen molar-refractivity contribution in [2.75, 3.05) is 0 Å². The molecule has 0 bridgehead atoms. The summed E-state index contributed by atoms with van der Waals surface area (Å²) in [7, 11) is 0. The molecule has 1 fully saturated rings. The van der Waals surface area contributed by atoms with Crippen molar-refractivity contribution >= 4 is 0 Å². The third kappa shape index (κ3) is 2.89. The van der Waals surface area contributed by atoms with Crippen LogP contribution in [-0.4, -0.2) is 0 Å². The maximum atomic E-state index is 9.40. The fraction of sp³-hybridized carbons (Fsp3) is 0.733. The van der Waals surface area contributed by atoms with Crippen molar-refractivity contribution < 1.29 is 0 Å². The molecule has 0 amide bonds. The molecule has 1 aliphatic carbocycles. The minimum Gasteiger partial charge on any atom is -0.197 e. The number of rotatable bonds is 3. The molecule has 2 unspecified atom stereocenters. The van der Waals surface area contributed by atoms with Gasteiger partial charge in [0.1, 0.15) is 5.41 Å². The van der Waals surface area contributed by atoms with Crippen molar-refractivity contribution in [3.8, 4) is 12.1 Å². The van der Waals surface area contributed by atoms with Crippen LogP contribution in [0.2, 0.25) is 0 Å². The average Bonchev–Trinajstić information content (AvgIpc) is 2.23. The lowest BCUT2D eigenvalue weighted by Crippen LogP contribution is -2.37. The van der Waals surface area contributed by atoms with E-state index in [-0.39, 0.29) is 11.3 Å². The summed E-state index contributed by atoms with van der Waals surface area (Å²) in [5, 5.41) is 18.8. The van der Waals surface area contributed by atoms with E-state index >= 15 is 0 Å². The van der Waals surface area contributed by atoms with Crippen LogP contribution in [0.25, 0.3) is 0 Å². The van der Waals surface area contributed by atoms with Crippen molar-refractivity contribution in [2.24, 2.45) is 22.7 Å². The fourth-order valence-electron chi connectivity index (χ4n) is 3.41. The first-order chi connectivity index (χ1) is 7.89. The molecule has 0 saturated heterocycles. The molecular weight excluding hydrogens is 208 g/mol. The molecule has 1 saturated carbocycles. The van der Waals surface area contributed by atoms with E-state index in [9.17, 15) is 10.5 Å². The highest BCUT2D eigenvalue weighted by Crippen LogP contribution is 2.49. The van der Waals surface area contributed by atoms with Gasteiger partial charge in [0.25, 0.3) is 0 Å². The van der Waals surface area contributed by atoms with Gasteiger partial charge in [-0.1, -0.05) is 26.8 Å². The predicted molar refractivity (Wildman–Crippen MR) is 68.8 cm³/mol. The van der Waals surface area contributed by atoms with E-state index in [4.69, 9.17) is 0 Å². The van der Waals surface area contributed by atoms with Crippen LogP contribution in [0, 0.1) is 45.3 Å². The molecule has 92 valence electrons. The lowest BCUT2D eigenvalue weighted by molar-refractivity contribution is 0.0883. The van der Waals surface area contributed by atoms with E-state index in [1.165, 1.54) is 6.42 Å². The van der Waals surface area contributed by atoms with Gasteiger partial charge in [-0.2, -0.15) is 10.5 Å². The van der Waals surface area contributed by atoms with E-state index < -0.39 is 5.41 Å². The third-order valence-electron chi connectivity index (χ3n) is 3.95. The second-order valence-corrected chi connectivity index (χ2v) is 6.30. The molecule has 2 atom stereocenters. The van der Waals surface area contributed by atoms with Crippen LogP contribution >= 0.6 is 0 Å². The first-order valence-electron chi connectivity index (χ1n) is 6.32. The highest BCUT2D eigenvalue weighted by Gasteiger charge is 2.44. The van der Waals surface area contributed by atoms with E-state index in [0.717, 1.165) is 12.8 Å². The second kappa shape index (κ2) is 4.92. The van der Waals surface area contributed by atoms with Gasteiger partial charge in [0.15, 0.2) is 0 Å². The zero-order valence-corrected chi connectivity index (χ0v) is 11.2. The van der Waals surface area contributed by atoms with E-state index in [2.05, 4.69) is 39.5 Å². The highest BCUT2D eigenvalue weighted by atomic mass is 14.5. The molecule has 0 aromatic carbocycles. The lowest BCUT2D eigenvalue weighted by atomic mass is 9.59. The molecular formula is C15H22N2. The molecule has 0 radical (unpaired) electrons. The Morgan fingerprint density at radius 2 is 1.94 bits per heavy atom. The Morgan fingerprint density at radius 1 is 1.35 bits per heavy atom. The summed E-state index contributed by atoms with van der Waals surface area (Å²) in [6.45, 7) is 10.4. The van der Waals surface area contributed by atoms with Crippen LogP contribution in [0.3, 0.4) is 0 Å². The summed E-state index contributed by atoms with van der Waals surface area (Å²) in [6, 6.07) is 4.52. The molecule has 0 aromatic heterocycles. The molecule has 17 heavy (non-hydrogen) atoms. The van der Waals surface area contributed by atoms with Gasteiger partial charge in [-0.3, -0.25) is 0 Å². The summed E-state index contributed by atoms with van der Waals surface area (Å²) >= 11 is 0. The van der Waals surface area contributed by atoms with Gasteiger partial charge in [0.2, 0.25) is 0 Å². The van der Waals surface area contributed by atoms with Gasteiger partial charge in [-0.15, -0.1) is 6.58 Å². The van der Waals surface area contributed by atoms with Crippen molar-refractivity contribution in [3.05, 3.63) is 12.7 Å². The number of hydrogen-bond acceptors (Lipinski definition) is 2. The van der Waals surface area contributed by atoms with Crippen LogP contribution in [0.4, 0.5) is 0 Å². The molecule has 0 heterocycles. The molecule has 2 nitrogen and oxygen atoms in total. The zero-order valence-electron chi connectivity index (χ0n) is 11.2. The van der Waals surface area contributed by atoms with Crippen molar-refractivity contribution in [1.29, 1.82) is 10.5 Å². The standard InChI is InChI=1S/C15H22N2/c1-5-6-15(10-16,11-17)13-7-12(2)8-14(3,4)9-13/h5,12-13H,1,6-9H2,2-4H3. The second-order valence-electron chi connectivity index (χ2n) is 6.30. The number of nitriles is 2. The number of allylic oxidation sites excluding steroid dienone is 1. The first-order valence-corrected chi connectivity index (χ1v) is 6.32. The Morgan fingerprint density at radius 3 is 2.35 bits per heavy atom. The Balaban J connectivity index is 3.01. The smallest absolute Gasteiger partial charge is 0.150 e. The minimum atomic E-state index is -0.867. The SMILES string of the molecule is C=CCC(C#N)(C#N)C1CC(C)CC(C)(C)C1. The van der Waals surface area contributed by atoms with Gasteiger partial charge in [-0.05, 0) is 42.9 Å². The third-order valence-corrected chi connectivity index (χ3v) is 3.95. The quantitative estimate of drug-likeness (QED) is 0.686. The molecule has 0 aliphatic heterocycles. The Hall–Kier alpha value is -1.28. The maximum absolute atomic E-state index is 9.40. The molecule has 0 N–H and O–H groups in total. The lowest BCUT2D eigenvalue weighted by Gasteiger charge is -2.43. The van der Waals surface area contributed by atoms with Gasteiger partial charge in [0.05, 0.1) is 12.1 Å². The highest BCUT2D eigenvalue weighted by molar-refractivity contribution is 5.19. The van der Waals surface area contributed by atoms with Crippen LogP contribution in [0.15, 0.2) is 12.7 Å². The topological polar surface area (TPSA) is 47.6 Å². The Kier molecular flexibility index (Phi) is 3.99. The van der Waals surface area contributed by atoms with Gasteiger partial charge in [0, 0.05) is 0 Å². The van der Waals surface area contributed by atoms with Crippen molar-refractivity contribution in [1.82, 2.24) is 0 Å². The summed E-state index contributed by atoms with van der Waals surface area (Å²) < 4.78 is 0. The zero-order chi connectivity index (χ0) is 13.1. The largest absolute Gasteiger partial charge is 0.197 e. The molecule has 1 aliphatic rings. The van der Waals surface area contributed by atoms with Gasteiger partial charge >= 0.3 is 0 Å². The number of hydrogen-bond donors (Lipinski definition) is 0. The van der Waals surface area contributed by atoms with Gasteiger partial charge < -0.3 is 0 Å². The summed E-state index contributed by atoms with van der Waals surface area (Å²) in [5.41, 5.74) is -0.629. The predicted octanol–water partition coefficient (Wildman–Crippen LogP) is 4.06.